The van der Waals surface area contributed by atoms with Crippen LogP contribution in [0.2, 0.25) is 0 Å². The third-order valence-corrected chi connectivity index (χ3v) is 7.00. The number of piperazine rings is 1. The Hall–Kier alpha value is -3.00. The van der Waals surface area contributed by atoms with Gasteiger partial charge in [0.1, 0.15) is 11.6 Å². The molecule has 172 valence electrons. The lowest BCUT2D eigenvalue weighted by Crippen LogP contribution is -2.74. The molecule has 3 fully saturated rings. The summed E-state index contributed by atoms with van der Waals surface area (Å²) in [6, 6.07) is 10.5. The van der Waals surface area contributed by atoms with Crippen LogP contribution in [0, 0.1) is 11.3 Å². The highest BCUT2D eigenvalue weighted by Gasteiger charge is 2.59. The van der Waals surface area contributed by atoms with Crippen LogP contribution in [0.25, 0.3) is 0 Å². The minimum atomic E-state index is -4.72. The number of hydrogen-bond donors (Lipinski definition) is 3. The Bertz CT molecular complexity index is 1100. The monoisotopic (exact) mass is 456 g/mol. The van der Waals surface area contributed by atoms with Gasteiger partial charge in [-0.1, -0.05) is 12.1 Å². The van der Waals surface area contributed by atoms with Crippen LogP contribution >= 0.6 is 0 Å². The summed E-state index contributed by atoms with van der Waals surface area (Å²) < 4.78 is 40.4. The number of carbonyl (C=O) groups is 1. The second kappa shape index (κ2) is 8.09. The number of hydrogen-bond acceptors (Lipinski definition) is 7. The van der Waals surface area contributed by atoms with Gasteiger partial charge in [0.2, 0.25) is 0 Å². The van der Waals surface area contributed by atoms with Crippen molar-refractivity contribution in [2.24, 2.45) is 0 Å². The molecule has 1 spiro atoms. The highest BCUT2D eigenvalue weighted by molar-refractivity contribution is 5.99. The third kappa shape index (κ3) is 3.66. The molecule has 3 unspecified atom stereocenters. The minimum absolute atomic E-state index is 0.155. The highest BCUT2D eigenvalue weighted by Crippen LogP contribution is 2.49. The van der Waals surface area contributed by atoms with Crippen LogP contribution in [0.3, 0.4) is 0 Å². The van der Waals surface area contributed by atoms with Crippen LogP contribution < -0.4 is 21.1 Å². The van der Waals surface area contributed by atoms with E-state index in [4.69, 9.17) is 5.26 Å². The maximum absolute atomic E-state index is 13.5. The van der Waals surface area contributed by atoms with Gasteiger partial charge in [-0.2, -0.15) is 18.4 Å². The molecule has 2 saturated heterocycles. The maximum atomic E-state index is 13.5. The van der Waals surface area contributed by atoms with Crippen molar-refractivity contribution in [3.05, 3.63) is 58.9 Å². The molecule has 5 rings (SSSR count). The van der Waals surface area contributed by atoms with E-state index in [0.717, 1.165) is 43.5 Å². The average molecular weight is 456 g/mol. The summed E-state index contributed by atoms with van der Waals surface area (Å²) >= 11 is 0. The number of hydrazine groups is 1. The molecule has 1 saturated carbocycles. The highest BCUT2D eigenvalue weighted by atomic mass is 19.4. The zero-order valence-corrected chi connectivity index (χ0v) is 17.7. The standard InChI is InChI=1S/C23H23F3N6O/c24-23(25,26)19-9-15(12-29-20(19)11-27)17-10-18(22(21(17)33)13-30-31-22)14-1-3-16(4-2-14)32-7-5-28-6-8-32/h1-4,9,12,17-18,28,30-31H,5-8,10,13H2. The SMILES string of the molecule is N#Cc1ncc(C2CC(c3ccc(N4CCNCC4)cc3)C3(CNN3)C2=O)cc1C(F)(F)F. The quantitative estimate of drug-likeness (QED) is 0.651. The number of anilines is 1. The zero-order chi connectivity index (χ0) is 23.2. The first-order valence-corrected chi connectivity index (χ1v) is 10.9. The number of nitrogens with one attached hydrogen (secondary N) is 3. The Morgan fingerprint density at radius 3 is 2.42 bits per heavy atom. The summed E-state index contributed by atoms with van der Waals surface area (Å²) in [5.74, 6) is -1.09. The smallest absolute Gasteiger partial charge is 0.369 e. The molecule has 3 atom stereocenters. The number of ketones is 1. The number of benzene rings is 1. The topological polar surface area (TPSA) is 93.1 Å². The summed E-state index contributed by atoms with van der Waals surface area (Å²) in [6.07, 6.45) is -3.12. The van der Waals surface area contributed by atoms with Gasteiger partial charge in [-0.25, -0.2) is 10.4 Å². The molecule has 0 bridgehead atoms. The van der Waals surface area contributed by atoms with Crippen molar-refractivity contribution in [2.75, 3.05) is 37.6 Å². The molecule has 33 heavy (non-hydrogen) atoms. The van der Waals surface area contributed by atoms with Crippen LogP contribution in [0.15, 0.2) is 36.5 Å². The molecule has 3 heterocycles. The number of pyridine rings is 1. The number of carbonyl (C=O) groups excluding carboxylic acids is 1. The van der Waals surface area contributed by atoms with Gasteiger partial charge in [0, 0.05) is 56.4 Å². The predicted molar refractivity (Wildman–Crippen MR) is 114 cm³/mol. The Morgan fingerprint density at radius 2 is 1.85 bits per heavy atom. The number of nitrogens with zero attached hydrogens (tertiary/aromatic N) is 3. The van der Waals surface area contributed by atoms with Crippen LogP contribution in [-0.2, 0) is 11.0 Å². The molecule has 7 nitrogen and oxygen atoms in total. The van der Waals surface area contributed by atoms with Crippen molar-refractivity contribution in [1.82, 2.24) is 21.2 Å². The first-order chi connectivity index (χ1) is 15.8. The van der Waals surface area contributed by atoms with Crippen molar-refractivity contribution in [3.63, 3.8) is 0 Å². The van der Waals surface area contributed by atoms with Crippen molar-refractivity contribution in [2.45, 2.75) is 30.0 Å². The van der Waals surface area contributed by atoms with Crippen LogP contribution in [0.1, 0.15) is 40.6 Å². The van der Waals surface area contributed by atoms with E-state index >= 15 is 0 Å². The first kappa shape index (κ1) is 21.8. The van der Waals surface area contributed by atoms with Crippen molar-refractivity contribution in [3.8, 4) is 6.07 Å². The van der Waals surface area contributed by atoms with E-state index < -0.39 is 28.9 Å². The van der Waals surface area contributed by atoms with Gasteiger partial charge in [0.15, 0.2) is 11.5 Å². The summed E-state index contributed by atoms with van der Waals surface area (Å²) in [5, 5.41) is 12.3. The van der Waals surface area contributed by atoms with Gasteiger partial charge in [-0.15, -0.1) is 0 Å². The Labute approximate surface area is 189 Å². The van der Waals surface area contributed by atoms with Gasteiger partial charge < -0.3 is 10.2 Å². The van der Waals surface area contributed by atoms with Gasteiger partial charge >= 0.3 is 6.18 Å². The van der Waals surface area contributed by atoms with Gasteiger partial charge in [0.25, 0.3) is 0 Å². The summed E-state index contributed by atoms with van der Waals surface area (Å²) in [7, 11) is 0. The average Bonchev–Trinajstić information content (AvgIpc) is 3.12. The third-order valence-electron chi connectivity index (χ3n) is 7.00. The van der Waals surface area contributed by atoms with E-state index in [1.165, 1.54) is 12.3 Å². The van der Waals surface area contributed by atoms with Crippen molar-refractivity contribution < 1.29 is 18.0 Å². The summed E-state index contributed by atoms with van der Waals surface area (Å²) in [4.78, 5) is 19.4. The van der Waals surface area contributed by atoms with Crippen molar-refractivity contribution in [1.29, 1.82) is 5.26 Å². The van der Waals surface area contributed by atoms with Crippen molar-refractivity contribution >= 4 is 11.5 Å². The van der Waals surface area contributed by atoms with Gasteiger partial charge in [-0.05, 0) is 35.7 Å². The molecule has 3 aliphatic rings. The number of halogens is 3. The fraction of sp³-hybridized carbons (Fsp3) is 0.435. The molecule has 2 aliphatic heterocycles. The van der Waals surface area contributed by atoms with E-state index in [0.29, 0.717) is 13.0 Å². The van der Waals surface area contributed by atoms with E-state index in [2.05, 4.69) is 26.1 Å². The molecule has 1 aromatic carbocycles. The van der Waals surface area contributed by atoms with Gasteiger partial charge in [-0.3, -0.25) is 10.2 Å². The fourth-order valence-corrected chi connectivity index (χ4v) is 5.19. The fourth-order valence-electron chi connectivity index (χ4n) is 5.19. The first-order valence-electron chi connectivity index (χ1n) is 10.9. The number of nitriles is 1. The maximum Gasteiger partial charge on any atom is 0.419 e. The minimum Gasteiger partial charge on any atom is -0.369 e. The molecule has 0 radical (unpaired) electrons. The molecular formula is C23H23F3N6O. The number of Topliss-reactive ketones (excluding diaryl/α,β-unsaturated/α-hetero) is 1. The number of rotatable bonds is 3. The van der Waals surface area contributed by atoms with Crippen LogP contribution in [0.4, 0.5) is 18.9 Å². The van der Waals surface area contributed by atoms with E-state index in [9.17, 15) is 18.0 Å². The zero-order valence-electron chi connectivity index (χ0n) is 17.7. The Kier molecular flexibility index (Phi) is 5.35. The number of aromatic nitrogens is 1. The molecule has 3 N–H and O–H groups in total. The Balaban J connectivity index is 1.45. The lowest BCUT2D eigenvalue weighted by Gasteiger charge is -2.44. The molecule has 2 aromatic rings. The lowest BCUT2D eigenvalue weighted by atomic mass is 9.79. The van der Waals surface area contributed by atoms with E-state index in [1.54, 1.807) is 0 Å². The summed E-state index contributed by atoms with van der Waals surface area (Å²) in [6.45, 7) is 4.11. The molecule has 1 aliphatic carbocycles. The molecule has 10 heteroatoms. The second-order valence-electron chi connectivity index (χ2n) is 8.76. The van der Waals surface area contributed by atoms with E-state index in [-0.39, 0.29) is 17.3 Å². The molecule has 0 amide bonds. The Morgan fingerprint density at radius 1 is 1.15 bits per heavy atom. The van der Waals surface area contributed by atoms with Crippen LogP contribution in [0.5, 0.6) is 0 Å². The lowest BCUT2D eigenvalue weighted by molar-refractivity contribution is -0.138. The van der Waals surface area contributed by atoms with Crippen LogP contribution in [-0.4, -0.2) is 49.0 Å². The second-order valence-corrected chi connectivity index (χ2v) is 8.76. The normalized spacial score (nSPS) is 27.5. The predicted octanol–water partition coefficient (Wildman–Crippen LogP) is 2.07. The largest absolute Gasteiger partial charge is 0.419 e. The van der Waals surface area contributed by atoms with Gasteiger partial charge in [0.05, 0.1) is 5.56 Å². The molecule has 1 aromatic heterocycles. The van der Waals surface area contributed by atoms with E-state index in [1.807, 2.05) is 24.3 Å². The summed E-state index contributed by atoms with van der Waals surface area (Å²) in [5.41, 5.74) is 5.61. The molecular weight excluding hydrogens is 433 g/mol. The number of alkyl halides is 3.